The van der Waals surface area contributed by atoms with E-state index in [0.717, 1.165) is 31.8 Å². The summed E-state index contributed by atoms with van der Waals surface area (Å²) < 4.78 is 6.26. The van der Waals surface area contributed by atoms with E-state index in [1.807, 2.05) is 0 Å². The minimum Gasteiger partial charge on any atom is -0.489 e. The van der Waals surface area contributed by atoms with Crippen LogP contribution in [0.1, 0.15) is 54.4 Å². The quantitative estimate of drug-likeness (QED) is 0.403. The van der Waals surface area contributed by atoms with Gasteiger partial charge in [-0.05, 0) is 60.1 Å². The molecule has 0 N–H and O–H groups in total. The van der Waals surface area contributed by atoms with Gasteiger partial charge >= 0.3 is 0 Å². The van der Waals surface area contributed by atoms with Gasteiger partial charge in [0, 0.05) is 31.1 Å². The lowest BCUT2D eigenvalue weighted by Gasteiger charge is -2.60. The Labute approximate surface area is 210 Å². The van der Waals surface area contributed by atoms with Gasteiger partial charge in [-0.25, -0.2) is 10.0 Å². The van der Waals surface area contributed by atoms with Crippen LogP contribution in [0.4, 0.5) is 0 Å². The highest BCUT2D eigenvalue weighted by Crippen LogP contribution is 2.52. The van der Waals surface area contributed by atoms with Crippen molar-refractivity contribution in [2.24, 2.45) is 0 Å². The molecule has 2 fully saturated rings. The third-order valence-electron chi connectivity index (χ3n) is 8.23. The normalized spacial score (nSPS) is 25.5. The second kappa shape index (κ2) is 10.1. The molecular formula is C30H35ClN2O. The van der Waals surface area contributed by atoms with Gasteiger partial charge in [0.15, 0.2) is 0 Å². The molecule has 2 heterocycles. The third-order valence-corrected chi connectivity index (χ3v) is 8.23. The summed E-state index contributed by atoms with van der Waals surface area (Å²) in [4.78, 5) is 0. The Hall–Kier alpha value is -2.33. The molecular weight excluding hydrogens is 440 g/mol. The molecule has 178 valence electrons. The first-order valence-electron chi connectivity index (χ1n) is 12.7. The first-order valence-corrected chi connectivity index (χ1v) is 12.7. The average Bonchev–Trinajstić information content (AvgIpc) is 2.88. The zero-order valence-electron chi connectivity index (χ0n) is 19.9. The number of hydrogen-bond donors (Lipinski definition) is 0. The van der Waals surface area contributed by atoms with Gasteiger partial charge in [-0.15, -0.1) is 12.4 Å². The fraction of sp³-hybridized carbons (Fsp3) is 0.400. The first kappa shape index (κ1) is 23.4. The molecule has 2 bridgehead atoms. The molecule has 0 aromatic heterocycles. The SMILES string of the molecule is Cl.c1ccc(CCN2CC[C@]34CCCC[C@H]3N2Cc2ccc(OCc3ccccc3)cc24)cc1. The molecule has 3 aromatic carbocycles. The summed E-state index contributed by atoms with van der Waals surface area (Å²) in [5, 5.41) is 5.42. The number of halogens is 1. The van der Waals surface area contributed by atoms with Crippen molar-refractivity contribution in [2.45, 2.75) is 63.1 Å². The van der Waals surface area contributed by atoms with Crippen LogP contribution < -0.4 is 4.74 Å². The Kier molecular flexibility index (Phi) is 6.96. The number of nitrogens with zero attached hydrogens (tertiary/aromatic N) is 2. The van der Waals surface area contributed by atoms with Gasteiger partial charge < -0.3 is 4.74 Å². The molecule has 1 unspecified atom stereocenters. The van der Waals surface area contributed by atoms with E-state index >= 15 is 0 Å². The highest BCUT2D eigenvalue weighted by molar-refractivity contribution is 5.85. The van der Waals surface area contributed by atoms with Crippen LogP contribution in [-0.2, 0) is 25.0 Å². The fourth-order valence-corrected chi connectivity index (χ4v) is 6.57. The van der Waals surface area contributed by atoms with Crippen molar-refractivity contribution >= 4 is 12.4 Å². The van der Waals surface area contributed by atoms with E-state index in [9.17, 15) is 0 Å². The number of benzene rings is 3. The molecule has 3 aliphatic rings. The minimum atomic E-state index is 0. The standard InChI is InChI=1S/C30H34N2O.ClH/c1-3-9-24(10-4-1)16-19-31-20-18-30-17-8-7-13-29(30)32(31)22-26-14-15-27(21-28(26)30)33-23-25-11-5-2-6-12-25;/h1-6,9-12,14-15,21,29H,7-8,13,16-20,22-23H2;1H/t29-,30+;/m1./s1. The second-order valence-corrected chi connectivity index (χ2v) is 10.0. The minimum absolute atomic E-state index is 0. The Morgan fingerprint density at radius 2 is 1.62 bits per heavy atom. The van der Waals surface area contributed by atoms with Crippen LogP contribution in [0.5, 0.6) is 5.75 Å². The van der Waals surface area contributed by atoms with Crippen LogP contribution in [0.25, 0.3) is 0 Å². The summed E-state index contributed by atoms with van der Waals surface area (Å²) in [6, 6.07) is 29.0. The van der Waals surface area contributed by atoms with Crippen molar-refractivity contribution in [2.75, 3.05) is 13.1 Å². The van der Waals surface area contributed by atoms with Gasteiger partial charge in [0.1, 0.15) is 12.4 Å². The topological polar surface area (TPSA) is 15.7 Å². The van der Waals surface area contributed by atoms with Gasteiger partial charge in [-0.3, -0.25) is 0 Å². The Bertz CT molecular complexity index is 1090. The van der Waals surface area contributed by atoms with Crippen molar-refractivity contribution in [3.8, 4) is 5.75 Å². The highest BCUT2D eigenvalue weighted by atomic mass is 35.5. The summed E-state index contributed by atoms with van der Waals surface area (Å²) in [5.74, 6) is 1.02. The Balaban J connectivity index is 0.00000241. The zero-order chi connectivity index (χ0) is 22.1. The van der Waals surface area contributed by atoms with Crippen molar-refractivity contribution in [3.63, 3.8) is 0 Å². The lowest BCUT2D eigenvalue weighted by Crippen LogP contribution is -2.66. The molecule has 6 rings (SSSR count). The molecule has 1 aliphatic carbocycles. The van der Waals surface area contributed by atoms with E-state index in [2.05, 4.69) is 88.9 Å². The predicted octanol–water partition coefficient (Wildman–Crippen LogP) is 6.55. The van der Waals surface area contributed by atoms with Gasteiger partial charge in [-0.1, -0.05) is 79.6 Å². The molecule has 0 spiro atoms. The predicted molar refractivity (Wildman–Crippen MR) is 140 cm³/mol. The summed E-state index contributed by atoms with van der Waals surface area (Å²) in [6.07, 6.45) is 7.72. The van der Waals surface area contributed by atoms with Crippen LogP contribution in [0, 0.1) is 0 Å². The van der Waals surface area contributed by atoms with Crippen molar-refractivity contribution in [3.05, 3.63) is 101 Å². The summed E-state index contributed by atoms with van der Waals surface area (Å²) in [7, 11) is 0. The smallest absolute Gasteiger partial charge is 0.120 e. The molecule has 2 aliphatic heterocycles. The van der Waals surface area contributed by atoms with Crippen molar-refractivity contribution in [1.82, 2.24) is 10.0 Å². The van der Waals surface area contributed by atoms with Gasteiger partial charge in [0.25, 0.3) is 0 Å². The Morgan fingerprint density at radius 1 is 0.853 bits per heavy atom. The molecule has 3 atom stereocenters. The summed E-state index contributed by atoms with van der Waals surface area (Å²) in [5.41, 5.74) is 6.04. The molecule has 34 heavy (non-hydrogen) atoms. The molecule has 0 radical (unpaired) electrons. The number of ether oxygens (including phenoxy) is 1. The average molecular weight is 475 g/mol. The van der Waals surface area contributed by atoms with Crippen LogP contribution in [-0.4, -0.2) is 29.1 Å². The maximum Gasteiger partial charge on any atom is 0.120 e. The lowest BCUT2D eigenvalue weighted by molar-refractivity contribution is -0.152. The van der Waals surface area contributed by atoms with E-state index in [4.69, 9.17) is 4.74 Å². The maximum atomic E-state index is 6.26. The zero-order valence-corrected chi connectivity index (χ0v) is 20.7. The van der Waals surface area contributed by atoms with Crippen LogP contribution in [0.2, 0.25) is 0 Å². The fourth-order valence-electron chi connectivity index (χ4n) is 6.57. The lowest BCUT2D eigenvalue weighted by atomic mass is 9.60. The van der Waals surface area contributed by atoms with Gasteiger partial charge in [0.05, 0.1) is 0 Å². The molecule has 4 heteroatoms. The Morgan fingerprint density at radius 3 is 2.41 bits per heavy atom. The largest absolute Gasteiger partial charge is 0.489 e. The summed E-state index contributed by atoms with van der Waals surface area (Å²) >= 11 is 0. The van der Waals surface area contributed by atoms with Gasteiger partial charge in [-0.2, -0.15) is 0 Å². The number of rotatable bonds is 6. The van der Waals surface area contributed by atoms with Gasteiger partial charge in [0.2, 0.25) is 0 Å². The van der Waals surface area contributed by atoms with E-state index in [1.54, 1.807) is 5.56 Å². The second-order valence-electron chi connectivity index (χ2n) is 10.0. The molecule has 3 nitrogen and oxygen atoms in total. The van der Waals surface area contributed by atoms with Crippen LogP contribution in [0.15, 0.2) is 78.9 Å². The molecule has 1 saturated carbocycles. The van der Waals surface area contributed by atoms with Crippen LogP contribution in [0.3, 0.4) is 0 Å². The van der Waals surface area contributed by atoms with E-state index in [0.29, 0.717) is 18.1 Å². The highest BCUT2D eigenvalue weighted by Gasteiger charge is 2.52. The summed E-state index contributed by atoms with van der Waals surface area (Å²) in [6.45, 7) is 3.95. The van der Waals surface area contributed by atoms with Crippen molar-refractivity contribution in [1.29, 1.82) is 0 Å². The maximum absolute atomic E-state index is 6.26. The first-order chi connectivity index (χ1) is 16.3. The number of hydrogen-bond acceptors (Lipinski definition) is 3. The monoisotopic (exact) mass is 474 g/mol. The van der Waals surface area contributed by atoms with E-state index in [1.165, 1.54) is 48.8 Å². The molecule has 3 aromatic rings. The molecule has 0 amide bonds. The number of hydrazine groups is 1. The number of fused-ring (bicyclic) bond motifs is 1. The van der Waals surface area contributed by atoms with Crippen LogP contribution >= 0.6 is 12.4 Å². The van der Waals surface area contributed by atoms with E-state index in [-0.39, 0.29) is 12.4 Å². The van der Waals surface area contributed by atoms with Crippen molar-refractivity contribution < 1.29 is 4.74 Å². The third kappa shape index (κ3) is 4.37. The molecule has 1 saturated heterocycles. The van der Waals surface area contributed by atoms with E-state index < -0.39 is 0 Å².